The molecule has 1 saturated carbocycles. The lowest BCUT2D eigenvalue weighted by atomic mass is 9.73. The Morgan fingerprint density at radius 1 is 1.20 bits per heavy atom. The first kappa shape index (κ1) is 16.6. The number of rotatable bonds is 3. The quantitative estimate of drug-likeness (QED) is 0.914. The number of likely N-dealkylation sites (tertiary alicyclic amines) is 1. The van der Waals surface area contributed by atoms with Crippen molar-refractivity contribution in [1.29, 1.82) is 0 Å². The van der Waals surface area contributed by atoms with E-state index < -0.39 is 0 Å². The standard InChI is InChI=1S/C19H29N5O/c1-20-16-8-11-21-18(22-16)23-12-4-9-19(13-23)10-7-17(25)24(14-19)15-5-2-3-6-15/h8,11,15H,2-7,9-10,12-14H2,1H3,(H,20,21,22). The molecule has 1 unspecified atom stereocenters. The number of nitrogens with one attached hydrogen (secondary N) is 1. The van der Waals surface area contributed by atoms with Crippen LogP contribution in [0.25, 0.3) is 0 Å². The zero-order valence-corrected chi connectivity index (χ0v) is 15.2. The van der Waals surface area contributed by atoms with Gasteiger partial charge in [-0.2, -0.15) is 4.98 Å². The summed E-state index contributed by atoms with van der Waals surface area (Å²) >= 11 is 0. The Morgan fingerprint density at radius 2 is 2.04 bits per heavy atom. The normalized spacial score (nSPS) is 28.0. The summed E-state index contributed by atoms with van der Waals surface area (Å²) < 4.78 is 0. The van der Waals surface area contributed by atoms with Crippen molar-refractivity contribution in [2.75, 3.05) is 36.9 Å². The summed E-state index contributed by atoms with van der Waals surface area (Å²) in [6, 6.07) is 2.38. The van der Waals surface area contributed by atoms with Crippen LogP contribution in [0.2, 0.25) is 0 Å². The Bertz CT molecular complexity index is 630. The minimum Gasteiger partial charge on any atom is -0.373 e. The van der Waals surface area contributed by atoms with E-state index in [-0.39, 0.29) is 5.41 Å². The second-order valence-corrected chi connectivity index (χ2v) is 7.98. The Balaban J connectivity index is 1.51. The highest BCUT2D eigenvalue weighted by molar-refractivity contribution is 5.77. The van der Waals surface area contributed by atoms with Crippen LogP contribution in [0.4, 0.5) is 11.8 Å². The van der Waals surface area contributed by atoms with Crippen molar-refractivity contribution in [2.24, 2.45) is 5.41 Å². The van der Waals surface area contributed by atoms with Crippen molar-refractivity contribution >= 4 is 17.7 Å². The van der Waals surface area contributed by atoms with Crippen molar-refractivity contribution in [3.8, 4) is 0 Å². The predicted molar refractivity (Wildman–Crippen MR) is 98.7 cm³/mol. The molecule has 6 nitrogen and oxygen atoms in total. The third-order valence-corrected chi connectivity index (χ3v) is 6.30. The average Bonchev–Trinajstić information content (AvgIpc) is 3.19. The first-order chi connectivity index (χ1) is 12.2. The van der Waals surface area contributed by atoms with E-state index in [1.807, 2.05) is 19.3 Å². The molecule has 1 atom stereocenters. The van der Waals surface area contributed by atoms with Crippen LogP contribution in [0.3, 0.4) is 0 Å². The van der Waals surface area contributed by atoms with Crippen LogP contribution in [0.1, 0.15) is 51.4 Å². The second-order valence-electron chi connectivity index (χ2n) is 7.98. The van der Waals surface area contributed by atoms with E-state index in [2.05, 4.69) is 25.1 Å². The molecule has 2 saturated heterocycles. The van der Waals surface area contributed by atoms with Gasteiger partial charge in [0.1, 0.15) is 5.82 Å². The summed E-state index contributed by atoms with van der Waals surface area (Å²) in [6.07, 6.45) is 10.9. The van der Waals surface area contributed by atoms with Gasteiger partial charge in [0.25, 0.3) is 0 Å². The van der Waals surface area contributed by atoms with E-state index in [1.54, 1.807) is 0 Å². The summed E-state index contributed by atoms with van der Waals surface area (Å²) in [6.45, 7) is 2.90. The molecule has 6 heteroatoms. The first-order valence-electron chi connectivity index (χ1n) is 9.74. The number of piperidine rings is 2. The van der Waals surface area contributed by atoms with E-state index in [4.69, 9.17) is 0 Å². The van der Waals surface area contributed by atoms with Gasteiger partial charge in [0.2, 0.25) is 11.9 Å². The van der Waals surface area contributed by atoms with Crippen LogP contribution in [0, 0.1) is 5.41 Å². The van der Waals surface area contributed by atoms with Crippen LogP contribution in [-0.4, -0.2) is 53.5 Å². The van der Waals surface area contributed by atoms with Crippen molar-refractivity contribution in [1.82, 2.24) is 14.9 Å². The molecule has 0 bridgehead atoms. The van der Waals surface area contributed by atoms with E-state index in [9.17, 15) is 4.79 Å². The highest BCUT2D eigenvalue weighted by Crippen LogP contribution is 2.41. The van der Waals surface area contributed by atoms with Crippen molar-refractivity contribution < 1.29 is 4.79 Å². The number of anilines is 2. The SMILES string of the molecule is CNc1ccnc(N2CCCC3(CCC(=O)N(C4CCCC4)C3)C2)n1. The van der Waals surface area contributed by atoms with Crippen molar-refractivity contribution in [3.05, 3.63) is 12.3 Å². The Kier molecular flexibility index (Phi) is 4.52. The summed E-state index contributed by atoms with van der Waals surface area (Å²) in [7, 11) is 1.88. The molecule has 136 valence electrons. The van der Waals surface area contributed by atoms with Crippen LogP contribution >= 0.6 is 0 Å². The van der Waals surface area contributed by atoms with Gasteiger partial charge in [0.15, 0.2) is 0 Å². The number of carbonyl (C=O) groups is 1. The lowest BCUT2D eigenvalue weighted by Crippen LogP contribution is -2.56. The fraction of sp³-hybridized carbons (Fsp3) is 0.737. The number of hydrogen-bond acceptors (Lipinski definition) is 5. The van der Waals surface area contributed by atoms with Crippen LogP contribution in [-0.2, 0) is 4.79 Å². The largest absolute Gasteiger partial charge is 0.373 e. The van der Waals surface area contributed by atoms with Gasteiger partial charge in [-0.05, 0) is 38.2 Å². The van der Waals surface area contributed by atoms with Gasteiger partial charge in [-0.15, -0.1) is 0 Å². The molecule has 1 N–H and O–H groups in total. The fourth-order valence-corrected chi connectivity index (χ4v) is 4.94. The number of aromatic nitrogens is 2. The third kappa shape index (κ3) is 3.31. The molecule has 1 aromatic rings. The molecule has 1 aromatic heterocycles. The smallest absolute Gasteiger partial charge is 0.227 e. The highest BCUT2D eigenvalue weighted by Gasteiger charge is 2.44. The van der Waals surface area contributed by atoms with E-state index in [0.717, 1.165) is 44.2 Å². The molecule has 3 fully saturated rings. The Morgan fingerprint density at radius 3 is 2.84 bits per heavy atom. The molecule has 4 rings (SSSR count). The van der Waals surface area contributed by atoms with Gasteiger partial charge < -0.3 is 15.1 Å². The molecule has 3 heterocycles. The number of hydrogen-bond donors (Lipinski definition) is 1. The molecule has 1 aliphatic carbocycles. The lowest BCUT2D eigenvalue weighted by molar-refractivity contribution is -0.140. The van der Waals surface area contributed by atoms with Gasteiger partial charge in [-0.25, -0.2) is 4.98 Å². The topological polar surface area (TPSA) is 61.4 Å². The van der Waals surface area contributed by atoms with Crippen molar-refractivity contribution in [3.63, 3.8) is 0 Å². The number of nitrogens with zero attached hydrogens (tertiary/aromatic N) is 4. The predicted octanol–water partition coefficient (Wildman–Crippen LogP) is 2.67. The third-order valence-electron chi connectivity index (χ3n) is 6.30. The van der Waals surface area contributed by atoms with E-state index >= 15 is 0 Å². The molecule has 3 aliphatic rings. The number of carbonyl (C=O) groups excluding carboxylic acids is 1. The minimum atomic E-state index is 0.216. The molecule has 0 radical (unpaired) electrons. The molecular weight excluding hydrogens is 314 g/mol. The Hall–Kier alpha value is -1.85. The van der Waals surface area contributed by atoms with Gasteiger partial charge in [-0.3, -0.25) is 4.79 Å². The molecule has 2 aliphatic heterocycles. The first-order valence-corrected chi connectivity index (χ1v) is 9.74. The molecule has 1 amide bonds. The summed E-state index contributed by atoms with van der Waals surface area (Å²) in [5, 5.41) is 3.10. The lowest BCUT2D eigenvalue weighted by Gasteiger charge is -2.49. The van der Waals surface area contributed by atoms with Gasteiger partial charge >= 0.3 is 0 Å². The fourth-order valence-electron chi connectivity index (χ4n) is 4.94. The van der Waals surface area contributed by atoms with Crippen molar-refractivity contribution in [2.45, 2.75) is 57.4 Å². The maximum atomic E-state index is 12.5. The zero-order chi connectivity index (χ0) is 17.3. The van der Waals surface area contributed by atoms with Gasteiger partial charge in [0, 0.05) is 50.8 Å². The van der Waals surface area contributed by atoms with Gasteiger partial charge in [0.05, 0.1) is 0 Å². The van der Waals surface area contributed by atoms with Crippen LogP contribution in [0.5, 0.6) is 0 Å². The molecular formula is C19H29N5O. The van der Waals surface area contributed by atoms with Crippen LogP contribution < -0.4 is 10.2 Å². The minimum absolute atomic E-state index is 0.216. The van der Waals surface area contributed by atoms with Gasteiger partial charge in [-0.1, -0.05) is 12.8 Å². The Labute approximate surface area is 150 Å². The maximum absolute atomic E-state index is 12.5. The molecule has 25 heavy (non-hydrogen) atoms. The van der Waals surface area contributed by atoms with E-state index in [1.165, 1.54) is 32.1 Å². The average molecular weight is 343 g/mol. The summed E-state index contributed by atoms with van der Waals surface area (Å²) in [4.78, 5) is 26.2. The summed E-state index contributed by atoms with van der Waals surface area (Å²) in [5.41, 5.74) is 0.216. The summed E-state index contributed by atoms with van der Waals surface area (Å²) in [5.74, 6) is 2.05. The molecule has 1 spiro atoms. The molecule has 0 aromatic carbocycles. The maximum Gasteiger partial charge on any atom is 0.227 e. The highest BCUT2D eigenvalue weighted by atomic mass is 16.2. The number of amides is 1. The van der Waals surface area contributed by atoms with Crippen LogP contribution in [0.15, 0.2) is 12.3 Å². The zero-order valence-electron chi connectivity index (χ0n) is 15.2. The monoisotopic (exact) mass is 343 g/mol. The van der Waals surface area contributed by atoms with E-state index in [0.29, 0.717) is 18.4 Å². The second kappa shape index (κ2) is 6.81.